The first-order valence-corrected chi connectivity index (χ1v) is 9.06. The molecule has 5 heteroatoms. The monoisotopic (exact) mass is 368 g/mol. The molecule has 0 aliphatic heterocycles. The van der Waals surface area contributed by atoms with Gasteiger partial charge in [0.1, 0.15) is 0 Å². The number of benzene rings is 2. The van der Waals surface area contributed by atoms with Gasteiger partial charge in [-0.2, -0.15) is 0 Å². The molecule has 0 unspecified atom stereocenters. The number of rotatable bonds is 7. The first-order valence-electron chi connectivity index (χ1n) is 9.06. The van der Waals surface area contributed by atoms with Crippen LogP contribution in [0.1, 0.15) is 42.3 Å². The van der Waals surface area contributed by atoms with Gasteiger partial charge in [-0.25, -0.2) is 0 Å². The molecule has 0 aliphatic carbocycles. The van der Waals surface area contributed by atoms with Crippen molar-refractivity contribution in [3.8, 4) is 0 Å². The van der Waals surface area contributed by atoms with E-state index in [9.17, 15) is 9.59 Å². The number of carbonyl (C=O) groups is 2. The van der Waals surface area contributed by atoms with Crippen molar-refractivity contribution in [3.05, 3.63) is 65.2 Å². The fraction of sp³-hybridized carbons (Fsp3) is 0.364. The van der Waals surface area contributed by atoms with Crippen molar-refractivity contribution in [2.24, 2.45) is 0 Å². The van der Waals surface area contributed by atoms with Gasteiger partial charge in [0.2, 0.25) is 5.91 Å². The minimum Gasteiger partial charge on any atom is -0.383 e. The van der Waals surface area contributed by atoms with E-state index in [0.717, 1.165) is 5.56 Å². The van der Waals surface area contributed by atoms with Gasteiger partial charge in [-0.05, 0) is 40.8 Å². The van der Waals surface area contributed by atoms with Gasteiger partial charge in [0.05, 0.1) is 13.0 Å². The zero-order chi connectivity index (χ0) is 19.9. The number of hydrogen-bond donors (Lipinski definition) is 2. The molecular formula is C22H28N2O3. The summed E-state index contributed by atoms with van der Waals surface area (Å²) in [5, 5.41) is 5.66. The maximum atomic E-state index is 12.4. The van der Waals surface area contributed by atoms with Crippen molar-refractivity contribution in [2.75, 3.05) is 25.6 Å². The van der Waals surface area contributed by atoms with Crippen LogP contribution in [-0.4, -0.2) is 32.1 Å². The van der Waals surface area contributed by atoms with Crippen molar-refractivity contribution in [2.45, 2.75) is 32.6 Å². The lowest BCUT2D eigenvalue weighted by molar-refractivity contribution is -0.120. The molecule has 0 atom stereocenters. The molecule has 5 nitrogen and oxygen atoms in total. The van der Waals surface area contributed by atoms with Crippen LogP contribution >= 0.6 is 0 Å². The van der Waals surface area contributed by atoms with Gasteiger partial charge in [-0.15, -0.1) is 0 Å². The fourth-order valence-electron chi connectivity index (χ4n) is 2.57. The third kappa shape index (κ3) is 6.53. The lowest BCUT2D eigenvalue weighted by atomic mass is 9.87. The van der Waals surface area contributed by atoms with E-state index < -0.39 is 0 Å². The number of anilines is 1. The summed E-state index contributed by atoms with van der Waals surface area (Å²) in [5.74, 6) is -0.205. The molecule has 0 saturated carbocycles. The second kappa shape index (κ2) is 9.33. The number of amides is 2. The Morgan fingerprint density at radius 1 is 0.963 bits per heavy atom. The van der Waals surface area contributed by atoms with E-state index in [1.165, 1.54) is 5.56 Å². The predicted molar refractivity (Wildman–Crippen MR) is 108 cm³/mol. The fourth-order valence-corrected chi connectivity index (χ4v) is 2.57. The highest BCUT2D eigenvalue weighted by Crippen LogP contribution is 2.22. The van der Waals surface area contributed by atoms with Crippen molar-refractivity contribution in [1.29, 1.82) is 0 Å². The average Bonchev–Trinajstić information content (AvgIpc) is 2.63. The zero-order valence-electron chi connectivity index (χ0n) is 16.5. The molecule has 0 heterocycles. The van der Waals surface area contributed by atoms with Gasteiger partial charge in [-0.1, -0.05) is 45.0 Å². The maximum absolute atomic E-state index is 12.4. The quantitative estimate of drug-likeness (QED) is 0.735. The second-order valence-corrected chi connectivity index (χ2v) is 7.50. The van der Waals surface area contributed by atoms with Crippen LogP contribution in [0.3, 0.4) is 0 Å². The number of methoxy groups -OCH3 is 1. The minimum absolute atomic E-state index is 0.0530. The lowest BCUT2D eigenvalue weighted by Gasteiger charge is -2.19. The largest absolute Gasteiger partial charge is 0.383 e. The van der Waals surface area contributed by atoms with Crippen LogP contribution in [0.15, 0.2) is 48.5 Å². The maximum Gasteiger partial charge on any atom is 0.255 e. The molecular weight excluding hydrogens is 340 g/mol. The Morgan fingerprint density at radius 2 is 1.59 bits per heavy atom. The Kier molecular flexibility index (Phi) is 7.13. The Morgan fingerprint density at radius 3 is 2.15 bits per heavy atom. The Bertz CT molecular complexity index is 760. The van der Waals surface area contributed by atoms with Gasteiger partial charge in [0.15, 0.2) is 0 Å². The molecule has 0 spiro atoms. The van der Waals surface area contributed by atoms with Gasteiger partial charge >= 0.3 is 0 Å². The van der Waals surface area contributed by atoms with E-state index in [1.54, 1.807) is 19.2 Å². The summed E-state index contributed by atoms with van der Waals surface area (Å²) >= 11 is 0. The van der Waals surface area contributed by atoms with E-state index >= 15 is 0 Å². The summed E-state index contributed by atoms with van der Waals surface area (Å²) in [6.07, 6.45) is 0.298. The Labute approximate surface area is 161 Å². The van der Waals surface area contributed by atoms with Crippen LogP contribution in [0.2, 0.25) is 0 Å². The molecule has 2 rings (SSSR count). The van der Waals surface area contributed by atoms with Crippen LogP contribution in [-0.2, 0) is 21.4 Å². The molecule has 0 radical (unpaired) electrons. The van der Waals surface area contributed by atoms with E-state index in [1.807, 2.05) is 36.4 Å². The van der Waals surface area contributed by atoms with E-state index in [0.29, 0.717) is 30.8 Å². The second-order valence-electron chi connectivity index (χ2n) is 7.50. The van der Waals surface area contributed by atoms with Crippen molar-refractivity contribution < 1.29 is 14.3 Å². The van der Waals surface area contributed by atoms with Crippen molar-refractivity contribution >= 4 is 17.5 Å². The van der Waals surface area contributed by atoms with Gasteiger partial charge in [-0.3, -0.25) is 9.59 Å². The third-order valence-electron chi connectivity index (χ3n) is 4.22. The molecule has 2 N–H and O–H groups in total. The first-order chi connectivity index (χ1) is 12.8. The van der Waals surface area contributed by atoms with E-state index in [2.05, 4.69) is 31.4 Å². The summed E-state index contributed by atoms with van der Waals surface area (Å²) in [6, 6.07) is 14.9. The van der Waals surface area contributed by atoms with Crippen LogP contribution in [0.4, 0.5) is 5.69 Å². The summed E-state index contributed by atoms with van der Waals surface area (Å²) in [4.78, 5) is 24.2. The lowest BCUT2D eigenvalue weighted by Crippen LogP contribution is -2.28. The molecule has 144 valence electrons. The van der Waals surface area contributed by atoms with Gasteiger partial charge < -0.3 is 15.4 Å². The first kappa shape index (κ1) is 20.6. The molecule has 27 heavy (non-hydrogen) atoms. The van der Waals surface area contributed by atoms with Crippen LogP contribution in [0, 0.1) is 0 Å². The molecule has 0 fully saturated rings. The summed E-state index contributed by atoms with van der Waals surface area (Å²) in [6.45, 7) is 7.41. The molecule has 0 aliphatic rings. The van der Waals surface area contributed by atoms with Crippen molar-refractivity contribution in [3.63, 3.8) is 0 Å². The number of nitrogens with one attached hydrogen (secondary N) is 2. The van der Waals surface area contributed by atoms with Crippen LogP contribution in [0.5, 0.6) is 0 Å². The van der Waals surface area contributed by atoms with E-state index in [-0.39, 0.29) is 17.2 Å². The molecule has 2 aromatic rings. The molecule has 2 amide bonds. The van der Waals surface area contributed by atoms with E-state index in [4.69, 9.17) is 4.74 Å². The standard InChI is InChI=1S/C22H28N2O3/c1-22(2,3)18-9-7-17(8-10-18)21(26)24-19-11-5-16(6-12-19)15-20(25)23-13-14-27-4/h5-12H,13-15H2,1-4H3,(H,23,25)(H,24,26). The number of ether oxygens (including phenoxy) is 1. The van der Waals surface area contributed by atoms with Gasteiger partial charge in [0, 0.05) is 24.9 Å². The smallest absolute Gasteiger partial charge is 0.255 e. The molecule has 2 aromatic carbocycles. The number of carbonyl (C=O) groups excluding carboxylic acids is 2. The highest BCUT2D eigenvalue weighted by atomic mass is 16.5. The topological polar surface area (TPSA) is 67.4 Å². The molecule has 0 bridgehead atoms. The normalized spacial score (nSPS) is 11.1. The highest BCUT2D eigenvalue weighted by molar-refractivity contribution is 6.04. The average molecular weight is 368 g/mol. The third-order valence-corrected chi connectivity index (χ3v) is 4.22. The summed E-state index contributed by atoms with van der Waals surface area (Å²) in [5.41, 5.74) is 3.44. The zero-order valence-corrected chi connectivity index (χ0v) is 16.5. The number of hydrogen-bond acceptors (Lipinski definition) is 3. The highest BCUT2D eigenvalue weighted by Gasteiger charge is 2.14. The Balaban J connectivity index is 1.92. The molecule has 0 saturated heterocycles. The van der Waals surface area contributed by atoms with Crippen LogP contribution in [0.25, 0.3) is 0 Å². The van der Waals surface area contributed by atoms with Gasteiger partial charge in [0.25, 0.3) is 5.91 Å². The summed E-state index contributed by atoms with van der Waals surface area (Å²) in [7, 11) is 1.60. The van der Waals surface area contributed by atoms with Crippen LogP contribution < -0.4 is 10.6 Å². The molecule has 0 aromatic heterocycles. The summed E-state index contributed by atoms with van der Waals surface area (Å²) < 4.78 is 4.90. The van der Waals surface area contributed by atoms with Crippen molar-refractivity contribution in [1.82, 2.24) is 5.32 Å². The predicted octanol–water partition coefficient (Wildman–Crippen LogP) is 3.54. The Hall–Kier alpha value is -2.66. The minimum atomic E-state index is -0.152. The SMILES string of the molecule is COCCNC(=O)Cc1ccc(NC(=O)c2ccc(C(C)(C)C)cc2)cc1.